The highest BCUT2D eigenvalue weighted by atomic mass is 16.6. The van der Waals surface area contributed by atoms with E-state index in [1.54, 1.807) is 39.0 Å². The molecule has 1 aromatic carbocycles. The highest BCUT2D eigenvalue weighted by Gasteiger charge is 2.28. The summed E-state index contributed by atoms with van der Waals surface area (Å²) < 4.78 is 20.4. The number of ether oxygens (including phenoxy) is 4. The van der Waals surface area contributed by atoms with Crippen molar-refractivity contribution in [3.8, 4) is 5.75 Å². The average molecular weight is 380 g/mol. The number of rotatable bonds is 6. The Morgan fingerprint density at radius 1 is 1.26 bits per heavy atom. The molecule has 0 fully saturated rings. The Bertz CT molecular complexity index is 712. The number of hydrogen-bond donors (Lipinski definition) is 1. The third-order valence-corrected chi connectivity index (χ3v) is 3.38. The van der Waals surface area contributed by atoms with Gasteiger partial charge in [0.05, 0.1) is 12.3 Å². The van der Waals surface area contributed by atoms with Gasteiger partial charge in [-0.2, -0.15) is 0 Å². The number of nitrogens with one attached hydrogen (secondary N) is 1. The predicted molar refractivity (Wildman–Crippen MR) is 97.0 cm³/mol. The summed E-state index contributed by atoms with van der Waals surface area (Å²) in [5, 5.41) is 2.59. The van der Waals surface area contributed by atoms with Gasteiger partial charge < -0.3 is 18.9 Å². The minimum Gasteiger partial charge on any atom is -0.482 e. The highest BCUT2D eigenvalue weighted by Crippen LogP contribution is 2.34. The third-order valence-electron chi connectivity index (χ3n) is 3.38. The van der Waals surface area contributed by atoms with Crippen LogP contribution < -0.4 is 15.0 Å². The Hall–Kier alpha value is -2.81. The van der Waals surface area contributed by atoms with Gasteiger partial charge in [0.25, 0.3) is 5.91 Å². The normalized spacial score (nSPS) is 13.5. The van der Waals surface area contributed by atoms with Gasteiger partial charge in [-0.05, 0) is 39.0 Å². The Morgan fingerprint density at radius 2 is 2.00 bits per heavy atom. The van der Waals surface area contributed by atoms with Gasteiger partial charge in [0.1, 0.15) is 24.5 Å². The summed E-state index contributed by atoms with van der Waals surface area (Å²) in [5.74, 6) is -0.534. The summed E-state index contributed by atoms with van der Waals surface area (Å²) in [6.07, 6.45) is -0.629. The number of anilines is 2. The second kappa shape index (κ2) is 8.72. The molecule has 1 aliphatic heterocycles. The van der Waals surface area contributed by atoms with E-state index in [1.807, 2.05) is 0 Å². The first-order valence-corrected chi connectivity index (χ1v) is 8.41. The maximum atomic E-state index is 12.2. The van der Waals surface area contributed by atoms with Crippen LogP contribution in [0.4, 0.5) is 16.2 Å². The van der Waals surface area contributed by atoms with E-state index in [1.165, 1.54) is 12.0 Å². The summed E-state index contributed by atoms with van der Waals surface area (Å²) in [4.78, 5) is 37.4. The summed E-state index contributed by atoms with van der Waals surface area (Å²) >= 11 is 0. The molecular weight excluding hydrogens is 356 g/mol. The van der Waals surface area contributed by atoms with Crippen molar-refractivity contribution >= 4 is 29.3 Å². The summed E-state index contributed by atoms with van der Waals surface area (Å²) in [6, 6.07) is 4.77. The van der Waals surface area contributed by atoms with Crippen molar-refractivity contribution in [1.29, 1.82) is 0 Å². The largest absolute Gasteiger partial charge is 0.482 e. The molecule has 9 nitrogen and oxygen atoms in total. The molecule has 0 aromatic heterocycles. The molecule has 0 unspecified atom stereocenters. The molecule has 1 heterocycles. The van der Waals surface area contributed by atoms with Crippen molar-refractivity contribution in [2.75, 3.05) is 43.7 Å². The standard InChI is InChI=1S/C18H24N2O7/c1-18(2,3)27-17(23)19-12-5-6-14-13(9-12)20(15(21)11-26-14)10-16(22)25-8-7-24-4/h5-6,9H,7-8,10-11H2,1-4H3,(H,19,23). The molecule has 0 saturated carbocycles. The van der Waals surface area contributed by atoms with Gasteiger partial charge in [-0.25, -0.2) is 4.79 Å². The van der Waals surface area contributed by atoms with E-state index < -0.39 is 17.7 Å². The van der Waals surface area contributed by atoms with Crippen LogP contribution in [0.25, 0.3) is 0 Å². The van der Waals surface area contributed by atoms with E-state index in [9.17, 15) is 14.4 Å². The molecule has 2 rings (SSSR count). The lowest BCUT2D eigenvalue weighted by molar-refractivity contribution is -0.144. The van der Waals surface area contributed by atoms with Crippen LogP contribution in [0.5, 0.6) is 5.75 Å². The fourth-order valence-electron chi connectivity index (χ4n) is 2.29. The van der Waals surface area contributed by atoms with Crippen molar-refractivity contribution in [2.24, 2.45) is 0 Å². The Labute approximate surface area is 157 Å². The van der Waals surface area contributed by atoms with E-state index in [0.29, 0.717) is 17.1 Å². The fourth-order valence-corrected chi connectivity index (χ4v) is 2.29. The lowest BCUT2D eigenvalue weighted by Gasteiger charge is -2.29. The number of methoxy groups -OCH3 is 1. The van der Waals surface area contributed by atoms with Crippen LogP contribution in [0.15, 0.2) is 18.2 Å². The molecule has 0 saturated heterocycles. The zero-order valence-corrected chi connectivity index (χ0v) is 15.9. The van der Waals surface area contributed by atoms with Crippen molar-refractivity contribution in [1.82, 2.24) is 0 Å². The van der Waals surface area contributed by atoms with E-state index in [2.05, 4.69) is 5.32 Å². The second-order valence-electron chi connectivity index (χ2n) is 6.79. The molecule has 1 N–H and O–H groups in total. The molecule has 1 aromatic rings. The van der Waals surface area contributed by atoms with Crippen LogP contribution in [0.2, 0.25) is 0 Å². The summed E-state index contributed by atoms with van der Waals surface area (Å²) in [5.41, 5.74) is 0.123. The smallest absolute Gasteiger partial charge is 0.412 e. The monoisotopic (exact) mass is 380 g/mol. The molecule has 0 spiro atoms. The van der Waals surface area contributed by atoms with Crippen molar-refractivity contribution in [2.45, 2.75) is 26.4 Å². The van der Waals surface area contributed by atoms with Crippen molar-refractivity contribution in [3.05, 3.63) is 18.2 Å². The molecule has 2 amide bonds. The lowest BCUT2D eigenvalue weighted by Crippen LogP contribution is -2.42. The highest BCUT2D eigenvalue weighted by molar-refractivity contribution is 6.02. The molecule has 1 aliphatic rings. The average Bonchev–Trinajstić information content (AvgIpc) is 2.56. The zero-order chi connectivity index (χ0) is 20.0. The predicted octanol–water partition coefficient (Wildman–Crippen LogP) is 1.95. The SMILES string of the molecule is COCCOC(=O)CN1C(=O)COc2ccc(NC(=O)OC(C)(C)C)cc21. The van der Waals surface area contributed by atoms with Gasteiger partial charge in [0.15, 0.2) is 6.61 Å². The zero-order valence-electron chi connectivity index (χ0n) is 15.9. The maximum Gasteiger partial charge on any atom is 0.412 e. The van der Waals surface area contributed by atoms with Crippen molar-refractivity contribution in [3.63, 3.8) is 0 Å². The van der Waals surface area contributed by atoms with E-state index in [4.69, 9.17) is 18.9 Å². The second-order valence-corrected chi connectivity index (χ2v) is 6.79. The van der Waals surface area contributed by atoms with Crippen LogP contribution >= 0.6 is 0 Å². The number of amides is 2. The minimum atomic E-state index is -0.643. The molecule has 0 atom stereocenters. The Balaban J connectivity index is 2.13. The first-order chi connectivity index (χ1) is 12.7. The van der Waals surface area contributed by atoms with E-state index in [0.717, 1.165) is 0 Å². The third kappa shape index (κ3) is 6.14. The minimum absolute atomic E-state index is 0.0982. The maximum absolute atomic E-state index is 12.2. The number of benzene rings is 1. The molecule has 0 aliphatic carbocycles. The fraction of sp³-hybridized carbons (Fsp3) is 0.500. The van der Waals surface area contributed by atoms with Gasteiger partial charge in [-0.3, -0.25) is 19.8 Å². The Kier molecular flexibility index (Phi) is 6.62. The molecule has 9 heteroatoms. The molecule has 148 valence electrons. The Morgan fingerprint density at radius 3 is 2.67 bits per heavy atom. The molecule has 0 radical (unpaired) electrons. The van der Waals surface area contributed by atoms with Gasteiger partial charge in [-0.1, -0.05) is 0 Å². The topological polar surface area (TPSA) is 103 Å². The number of hydrogen-bond acceptors (Lipinski definition) is 7. The molecule has 0 bridgehead atoms. The van der Waals surface area contributed by atoms with Gasteiger partial charge in [-0.15, -0.1) is 0 Å². The first kappa shape index (κ1) is 20.5. The number of carbonyl (C=O) groups excluding carboxylic acids is 3. The summed E-state index contributed by atoms with van der Waals surface area (Å²) in [7, 11) is 1.49. The van der Waals surface area contributed by atoms with Gasteiger partial charge in [0.2, 0.25) is 0 Å². The molecular formula is C18H24N2O7. The van der Waals surface area contributed by atoms with Crippen molar-refractivity contribution < 1.29 is 33.3 Å². The van der Waals surface area contributed by atoms with E-state index >= 15 is 0 Å². The number of fused-ring (bicyclic) bond motifs is 1. The van der Waals surface area contributed by atoms with Crippen LogP contribution in [-0.2, 0) is 23.8 Å². The van der Waals surface area contributed by atoms with Gasteiger partial charge >= 0.3 is 12.1 Å². The van der Waals surface area contributed by atoms with Crippen LogP contribution in [0.3, 0.4) is 0 Å². The van der Waals surface area contributed by atoms with Crippen LogP contribution in [-0.4, -0.2) is 57.0 Å². The van der Waals surface area contributed by atoms with Crippen LogP contribution in [0, 0.1) is 0 Å². The summed E-state index contributed by atoms with van der Waals surface area (Å²) in [6.45, 7) is 5.17. The molecule has 27 heavy (non-hydrogen) atoms. The first-order valence-electron chi connectivity index (χ1n) is 8.41. The van der Waals surface area contributed by atoms with Gasteiger partial charge in [0, 0.05) is 12.8 Å². The van der Waals surface area contributed by atoms with Crippen LogP contribution in [0.1, 0.15) is 20.8 Å². The number of carbonyl (C=O) groups is 3. The number of nitrogens with zero attached hydrogens (tertiary/aromatic N) is 1. The number of esters is 1. The van der Waals surface area contributed by atoms with E-state index in [-0.39, 0.29) is 32.3 Å². The lowest BCUT2D eigenvalue weighted by atomic mass is 10.2. The quantitative estimate of drug-likeness (QED) is 0.594.